The molecule has 1 aromatic heterocycles. The summed E-state index contributed by atoms with van der Waals surface area (Å²) in [7, 11) is 0. The number of benzene rings is 2. The van der Waals surface area contributed by atoms with Gasteiger partial charge in [-0.1, -0.05) is 48.2 Å². The first kappa shape index (κ1) is 22.2. The van der Waals surface area contributed by atoms with Crippen LogP contribution in [0.4, 0.5) is 10.1 Å². The Bertz CT molecular complexity index is 1070. The average Bonchev–Trinajstić information content (AvgIpc) is 3.16. The van der Waals surface area contributed by atoms with Gasteiger partial charge in [0.25, 0.3) is 5.91 Å². The highest BCUT2D eigenvalue weighted by atomic mass is 32.2. The average molecular weight is 440 g/mol. The molecular formula is C22H22FN5O2S. The molecule has 0 spiro atoms. The predicted molar refractivity (Wildman–Crippen MR) is 118 cm³/mol. The summed E-state index contributed by atoms with van der Waals surface area (Å²) in [6.45, 7) is 5.88. The fourth-order valence-corrected chi connectivity index (χ4v) is 3.62. The van der Waals surface area contributed by atoms with Gasteiger partial charge >= 0.3 is 0 Å². The summed E-state index contributed by atoms with van der Waals surface area (Å²) in [5.74, 6) is -0.696. The first-order valence-electron chi connectivity index (χ1n) is 9.56. The van der Waals surface area contributed by atoms with Crippen LogP contribution in [0.1, 0.15) is 29.1 Å². The van der Waals surface area contributed by atoms with Crippen molar-refractivity contribution in [3.05, 3.63) is 84.5 Å². The number of nitrogens with zero attached hydrogens (tertiary/aromatic N) is 3. The third-order valence-electron chi connectivity index (χ3n) is 4.30. The quantitative estimate of drug-likeness (QED) is 0.391. The Labute approximate surface area is 183 Å². The molecule has 9 heteroatoms. The third kappa shape index (κ3) is 5.79. The molecule has 0 saturated heterocycles. The molecule has 0 bridgehead atoms. The second-order valence-corrected chi connectivity index (χ2v) is 7.56. The van der Waals surface area contributed by atoms with E-state index in [9.17, 15) is 14.0 Å². The van der Waals surface area contributed by atoms with E-state index in [2.05, 4.69) is 27.4 Å². The number of hydrogen-bond acceptors (Lipinski definition) is 5. The largest absolute Gasteiger partial charge is 0.342 e. The number of amides is 2. The zero-order chi connectivity index (χ0) is 22.2. The van der Waals surface area contributed by atoms with E-state index < -0.39 is 17.8 Å². The summed E-state index contributed by atoms with van der Waals surface area (Å²) in [5.41, 5.74) is 0.669. The standard InChI is InChI=1S/C22H22FN5O2S/c1-3-13-28-20(15(2)24-21(30)17-11-7-8-12-18(17)23)26-27-22(28)31-14-19(29)25-16-9-5-4-6-10-16/h3-12,15H,1,13-14H2,2H3,(H,24,30)(H,25,29)/t15-/m1/s1. The number of allylic oxidation sites excluding steroid dienone is 1. The molecule has 0 fully saturated rings. The van der Waals surface area contributed by atoms with Crippen LogP contribution in [-0.4, -0.2) is 32.3 Å². The lowest BCUT2D eigenvalue weighted by Gasteiger charge is -2.15. The summed E-state index contributed by atoms with van der Waals surface area (Å²) in [5, 5.41) is 14.4. The number of nitrogens with one attached hydrogen (secondary N) is 2. The maximum atomic E-state index is 13.9. The number of carbonyl (C=O) groups is 2. The van der Waals surface area contributed by atoms with Gasteiger partial charge in [-0.05, 0) is 31.2 Å². The molecule has 3 rings (SSSR count). The van der Waals surface area contributed by atoms with Crippen molar-refractivity contribution < 1.29 is 14.0 Å². The number of rotatable bonds is 9. The molecule has 3 aromatic rings. The number of aromatic nitrogens is 3. The number of carbonyl (C=O) groups excluding carboxylic acids is 2. The van der Waals surface area contributed by atoms with Crippen LogP contribution in [0.2, 0.25) is 0 Å². The van der Waals surface area contributed by atoms with Gasteiger partial charge in [-0.15, -0.1) is 16.8 Å². The Hall–Kier alpha value is -3.46. The van der Waals surface area contributed by atoms with Gasteiger partial charge in [0.05, 0.1) is 17.4 Å². The molecule has 160 valence electrons. The van der Waals surface area contributed by atoms with Crippen molar-refractivity contribution in [3.8, 4) is 0 Å². The van der Waals surface area contributed by atoms with Gasteiger partial charge in [0.1, 0.15) is 5.82 Å². The maximum absolute atomic E-state index is 13.9. The van der Waals surface area contributed by atoms with Crippen molar-refractivity contribution in [1.82, 2.24) is 20.1 Å². The molecule has 0 aliphatic rings. The van der Waals surface area contributed by atoms with E-state index in [0.29, 0.717) is 23.2 Å². The van der Waals surface area contributed by atoms with Crippen LogP contribution in [0.15, 0.2) is 72.4 Å². The highest BCUT2D eigenvalue weighted by Crippen LogP contribution is 2.21. The first-order valence-corrected chi connectivity index (χ1v) is 10.5. The zero-order valence-electron chi connectivity index (χ0n) is 16.9. The Morgan fingerprint density at radius 3 is 2.58 bits per heavy atom. The Morgan fingerprint density at radius 2 is 1.87 bits per heavy atom. The summed E-state index contributed by atoms with van der Waals surface area (Å²) < 4.78 is 15.6. The smallest absolute Gasteiger partial charge is 0.254 e. The fraction of sp³-hybridized carbons (Fsp3) is 0.182. The second-order valence-electron chi connectivity index (χ2n) is 6.62. The monoisotopic (exact) mass is 439 g/mol. The maximum Gasteiger partial charge on any atom is 0.254 e. The summed E-state index contributed by atoms with van der Waals surface area (Å²) in [6.07, 6.45) is 1.67. The van der Waals surface area contributed by atoms with Gasteiger partial charge in [0.2, 0.25) is 5.91 Å². The summed E-state index contributed by atoms with van der Waals surface area (Å²) in [4.78, 5) is 24.7. The van der Waals surface area contributed by atoms with Crippen molar-refractivity contribution in [2.24, 2.45) is 0 Å². The molecule has 0 radical (unpaired) electrons. The van der Waals surface area contributed by atoms with Crippen molar-refractivity contribution >= 4 is 29.3 Å². The SMILES string of the molecule is C=CCn1c(SCC(=O)Nc2ccccc2)nnc1[C@@H](C)NC(=O)c1ccccc1F. The molecular weight excluding hydrogens is 417 g/mol. The van der Waals surface area contributed by atoms with Crippen molar-refractivity contribution in [2.45, 2.75) is 24.7 Å². The van der Waals surface area contributed by atoms with Crippen LogP contribution < -0.4 is 10.6 Å². The van der Waals surface area contributed by atoms with Crippen molar-refractivity contribution in [1.29, 1.82) is 0 Å². The van der Waals surface area contributed by atoms with Crippen LogP contribution >= 0.6 is 11.8 Å². The Balaban J connectivity index is 1.67. The molecule has 7 nitrogen and oxygen atoms in total. The minimum Gasteiger partial charge on any atom is -0.342 e. The molecule has 1 heterocycles. The summed E-state index contributed by atoms with van der Waals surface area (Å²) >= 11 is 1.23. The number of halogens is 1. The topological polar surface area (TPSA) is 88.9 Å². The van der Waals surface area contributed by atoms with Crippen LogP contribution in [-0.2, 0) is 11.3 Å². The molecule has 2 amide bonds. The molecule has 31 heavy (non-hydrogen) atoms. The molecule has 0 unspecified atom stereocenters. The highest BCUT2D eigenvalue weighted by Gasteiger charge is 2.21. The van der Waals surface area contributed by atoms with E-state index in [1.54, 1.807) is 35.8 Å². The second kappa shape index (κ2) is 10.5. The lowest BCUT2D eigenvalue weighted by Crippen LogP contribution is -2.29. The highest BCUT2D eigenvalue weighted by molar-refractivity contribution is 7.99. The van der Waals surface area contributed by atoms with Crippen LogP contribution in [0.5, 0.6) is 0 Å². The van der Waals surface area contributed by atoms with Gasteiger partial charge in [0.15, 0.2) is 11.0 Å². The normalized spacial score (nSPS) is 11.5. The number of thioether (sulfide) groups is 1. The van der Waals surface area contributed by atoms with Crippen LogP contribution in [0, 0.1) is 5.82 Å². The minimum atomic E-state index is -0.597. The van der Waals surface area contributed by atoms with Gasteiger partial charge in [-0.2, -0.15) is 0 Å². The minimum absolute atomic E-state index is 0.0451. The molecule has 1 atom stereocenters. The van der Waals surface area contributed by atoms with Crippen molar-refractivity contribution in [2.75, 3.05) is 11.1 Å². The van der Waals surface area contributed by atoms with Crippen molar-refractivity contribution in [3.63, 3.8) is 0 Å². The van der Waals surface area contributed by atoms with E-state index >= 15 is 0 Å². The van der Waals surface area contributed by atoms with E-state index in [4.69, 9.17) is 0 Å². The van der Waals surface area contributed by atoms with Gasteiger partial charge < -0.3 is 15.2 Å². The third-order valence-corrected chi connectivity index (χ3v) is 5.27. The van der Waals surface area contributed by atoms with Gasteiger partial charge in [-0.3, -0.25) is 9.59 Å². The lowest BCUT2D eigenvalue weighted by molar-refractivity contribution is -0.113. The van der Waals surface area contributed by atoms with Gasteiger partial charge in [0, 0.05) is 12.2 Å². The Kier molecular flexibility index (Phi) is 7.55. The predicted octanol–water partition coefficient (Wildman–Crippen LogP) is 3.83. The van der Waals surface area contributed by atoms with E-state index in [1.807, 2.05) is 18.2 Å². The van der Waals surface area contributed by atoms with E-state index in [-0.39, 0.29) is 17.2 Å². The number of anilines is 1. The van der Waals surface area contributed by atoms with E-state index in [0.717, 1.165) is 0 Å². The molecule has 2 aromatic carbocycles. The number of para-hydroxylation sites is 1. The molecule has 0 aliphatic carbocycles. The van der Waals surface area contributed by atoms with Gasteiger partial charge in [-0.25, -0.2) is 4.39 Å². The molecule has 2 N–H and O–H groups in total. The number of hydrogen-bond donors (Lipinski definition) is 2. The van der Waals surface area contributed by atoms with Crippen LogP contribution in [0.3, 0.4) is 0 Å². The van der Waals surface area contributed by atoms with Crippen LogP contribution in [0.25, 0.3) is 0 Å². The summed E-state index contributed by atoms with van der Waals surface area (Å²) in [6, 6.07) is 14.4. The van der Waals surface area contributed by atoms with E-state index in [1.165, 1.54) is 30.0 Å². The fourth-order valence-electron chi connectivity index (χ4n) is 2.86. The first-order chi connectivity index (χ1) is 15.0. The Morgan fingerprint density at radius 1 is 1.16 bits per heavy atom. The molecule has 0 saturated carbocycles. The molecule has 0 aliphatic heterocycles. The lowest BCUT2D eigenvalue weighted by atomic mass is 10.2. The zero-order valence-corrected chi connectivity index (χ0v) is 17.7.